The molecular weight excluding hydrogens is 268 g/mol. The van der Waals surface area contributed by atoms with E-state index in [0.717, 1.165) is 44.6 Å². The van der Waals surface area contributed by atoms with Gasteiger partial charge in [0.05, 0.1) is 6.10 Å². The predicted octanol–water partition coefficient (Wildman–Crippen LogP) is 2.61. The molecule has 0 radical (unpaired) electrons. The largest absolute Gasteiger partial charge is 0.381 e. The lowest BCUT2D eigenvalue weighted by atomic mass is 10.1. The third-order valence-electron chi connectivity index (χ3n) is 3.89. The van der Waals surface area contributed by atoms with Gasteiger partial charge in [0.2, 0.25) is 0 Å². The zero-order valence-electron chi connectivity index (χ0n) is 12.3. The van der Waals surface area contributed by atoms with Gasteiger partial charge in [0, 0.05) is 36.9 Å². The summed E-state index contributed by atoms with van der Waals surface area (Å²) in [6.45, 7) is 3.42. The van der Waals surface area contributed by atoms with Crippen LogP contribution in [0.25, 0.3) is 0 Å². The molecule has 1 aliphatic heterocycles. The van der Waals surface area contributed by atoms with Crippen LogP contribution in [0.15, 0.2) is 35.2 Å². The van der Waals surface area contributed by atoms with Gasteiger partial charge < -0.3 is 15.4 Å². The van der Waals surface area contributed by atoms with E-state index in [0.29, 0.717) is 6.10 Å². The second kappa shape index (κ2) is 8.67. The van der Waals surface area contributed by atoms with E-state index in [4.69, 9.17) is 10.5 Å². The van der Waals surface area contributed by atoms with Gasteiger partial charge in [0.1, 0.15) is 0 Å². The molecule has 1 heterocycles. The summed E-state index contributed by atoms with van der Waals surface area (Å²) < 4.78 is 5.40. The molecule has 112 valence electrons. The van der Waals surface area contributed by atoms with Gasteiger partial charge in [-0.15, -0.1) is 11.8 Å². The number of thioether (sulfide) groups is 1. The van der Waals surface area contributed by atoms with Gasteiger partial charge in [-0.2, -0.15) is 0 Å². The predicted molar refractivity (Wildman–Crippen MR) is 86.2 cm³/mol. The number of nitrogens with zero attached hydrogens (tertiary/aromatic N) is 1. The van der Waals surface area contributed by atoms with Crippen molar-refractivity contribution in [3.8, 4) is 0 Å². The highest BCUT2D eigenvalue weighted by Gasteiger charge is 2.18. The number of hydrogen-bond acceptors (Lipinski definition) is 4. The number of likely N-dealkylation sites (tertiary alicyclic amines) is 1. The molecule has 3 nitrogen and oxygen atoms in total. The number of methoxy groups -OCH3 is 1. The van der Waals surface area contributed by atoms with Crippen LogP contribution in [0.3, 0.4) is 0 Å². The van der Waals surface area contributed by atoms with Crippen LogP contribution in [0.2, 0.25) is 0 Å². The van der Waals surface area contributed by atoms with Crippen molar-refractivity contribution in [1.29, 1.82) is 0 Å². The minimum atomic E-state index is 0.278. The van der Waals surface area contributed by atoms with Crippen molar-refractivity contribution in [3.63, 3.8) is 0 Å². The molecule has 1 aromatic carbocycles. The number of nitrogens with two attached hydrogens (primary N) is 1. The Morgan fingerprint density at radius 3 is 2.65 bits per heavy atom. The summed E-state index contributed by atoms with van der Waals surface area (Å²) in [5.41, 5.74) is 6.22. The molecule has 1 atom stereocenters. The number of hydrogen-bond donors (Lipinski definition) is 1. The van der Waals surface area contributed by atoms with Gasteiger partial charge in [-0.05, 0) is 37.9 Å². The molecule has 0 unspecified atom stereocenters. The molecule has 0 amide bonds. The highest BCUT2D eigenvalue weighted by Crippen LogP contribution is 2.19. The van der Waals surface area contributed by atoms with Crippen molar-refractivity contribution in [3.05, 3.63) is 30.3 Å². The van der Waals surface area contributed by atoms with E-state index in [1.54, 1.807) is 0 Å². The number of piperidine rings is 1. The zero-order valence-corrected chi connectivity index (χ0v) is 13.1. The van der Waals surface area contributed by atoms with Gasteiger partial charge in [0.15, 0.2) is 0 Å². The van der Waals surface area contributed by atoms with Crippen LogP contribution in [0.5, 0.6) is 0 Å². The third kappa shape index (κ3) is 5.44. The first-order valence-electron chi connectivity index (χ1n) is 7.46. The average molecular weight is 294 g/mol. The number of ether oxygens (including phenoxy) is 1. The molecule has 20 heavy (non-hydrogen) atoms. The van der Waals surface area contributed by atoms with E-state index >= 15 is 0 Å². The molecule has 1 aromatic rings. The Kier molecular flexibility index (Phi) is 6.87. The topological polar surface area (TPSA) is 38.5 Å². The maximum absolute atomic E-state index is 6.22. The Morgan fingerprint density at radius 1 is 1.30 bits per heavy atom. The molecule has 0 spiro atoms. The van der Waals surface area contributed by atoms with Gasteiger partial charge in [-0.25, -0.2) is 0 Å². The van der Waals surface area contributed by atoms with E-state index in [9.17, 15) is 0 Å². The summed E-state index contributed by atoms with van der Waals surface area (Å²) in [7, 11) is 1.82. The SMILES string of the molecule is COC1CCN(CC[C@@H](N)CSc2ccccc2)CC1. The normalized spacial score (nSPS) is 19.1. The Morgan fingerprint density at radius 2 is 2.00 bits per heavy atom. The fraction of sp³-hybridized carbons (Fsp3) is 0.625. The molecule has 0 aliphatic carbocycles. The first-order chi connectivity index (χ1) is 9.78. The number of benzene rings is 1. The lowest BCUT2D eigenvalue weighted by Gasteiger charge is -2.31. The van der Waals surface area contributed by atoms with Crippen molar-refractivity contribution in [1.82, 2.24) is 4.90 Å². The van der Waals surface area contributed by atoms with Crippen molar-refractivity contribution in [2.45, 2.75) is 36.3 Å². The highest BCUT2D eigenvalue weighted by atomic mass is 32.2. The maximum atomic E-state index is 6.22. The van der Waals surface area contributed by atoms with Gasteiger partial charge in [-0.3, -0.25) is 0 Å². The van der Waals surface area contributed by atoms with Crippen LogP contribution in [-0.4, -0.2) is 49.5 Å². The number of rotatable bonds is 7. The van der Waals surface area contributed by atoms with E-state index < -0.39 is 0 Å². The third-order valence-corrected chi connectivity index (χ3v) is 5.09. The molecule has 2 N–H and O–H groups in total. The van der Waals surface area contributed by atoms with Crippen molar-refractivity contribution in [2.75, 3.05) is 32.5 Å². The molecular formula is C16H26N2OS. The Hall–Kier alpha value is -0.550. The quantitative estimate of drug-likeness (QED) is 0.785. The average Bonchev–Trinajstić information content (AvgIpc) is 2.52. The lowest BCUT2D eigenvalue weighted by molar-refractivity contribution is 0.0405. The monoisotopic (exact) mass is 294 g/mol. The van der Waals surface area contributed by atoms with Gasteiger partial charge >= 0.3 is 0 Å². The van der Waals surface area contributed by atoms with Gasteiger partial charge in [-0.1, -0.05) is 18.2 Å². The van der Waals surface area contributed by atoms with Crippen molar-refractivity contribution in [2.24, 2.45) is 5.73 Å². The van der Waals surface area contributed by atoms with E-state index in [2.05, 4.69) is 29.2 Å². The van der Waals surface area contributed by atoms with Crippen LogP contribution < -0.4 is 5.73 Å². The minimum Gasteiger partial charge on any atom is -0.381 e. The Bertz CT molecular complexity index is 366. The fourth-order valence-corrected chi connectivity index (χ4v) is 3.44. The second-order valence-electron chi connectivity index (χ2n) is 5.45. The smallest absolute Gasteiger partial charge is 0.0595 e. The maximum Gasteiger partial charge on any atom is 0.0595 e. The molecule has 2 rings (SSSR count). The molecule has 1 saturated heterocycles. The van der Waals surface area contributed by atoms with E-state index in [-0.39, 0.29) is 6.04 Å². The van der Waals surface area contributed by atoms with Crippen molar-refractivity contribution < 1.29 is 4.74 Å². The molecule has 1 fully saturated rings. The summed E-state index contributed by atoms with van der Waals surface area (Å²) in [6, 6.07) is 10.8. The minimum absolute atomic E-state index is 0.278. The summed E-state index contributed by atoms with van der Waals surface area (Å²) in [4.78, 5) is 3.83. The van der Waals surface area contributed by atoms with Gasteiger partial charge in [0.25, 0.3) is 0 Å². The van der Waals surface area contributed by atoms with Crippen molar-refractivity contribution >= 4 is 11.8 Å². The fourth-order valence-electron chi connectivity index (χ4n) is 2.52. The van der Waals surface area contributed by atoms with Crippen LogP contribution in [-0.2, 0) is 4.74 Å². The standard InChI is InChI=1S/C16H26N2OS/c1-19-15-8-11-18(12-9-15)10-7-14(17)13-20-16-5-3-2-4-6-16/h2-6,14-15H,7-13,17H2,1H3/t14-/m1/s1. The molecule has 0 saturated carbocycles. The summed E-state index contributed by atoms with van der Waals surface area (Å²) in [5.74, 6) is 0.999. The Labute approximate surface area is 126 Å². The second-order valence-corrected chi connectivity index (χ2v) is 6.54. The Balaban J connectivity index is 1.59. The molecule has 1 aliphatic rings. The molecule has 0 bridgehead atoms. The molecule has 0 aromatic heterocycles. The van der Waals surface area contributed by atoms with Crippen LogP contribution in [0.1, 0.15) is 19.3 Å². The van der Waals surface area contributed by atoms with E-state index in [1.807, 2.05) is 24.9 Å². The van der Waals surface area contributed by atoms with E-state index in [1.165, 1.54) is 4.90 Å². The van der Waals surface area contributed by atoms with Crippen LogP contribution in [0, 0.1) is 0 Å². The van der Waals surface area contributed by atoms with Crippen LogP contribution >= 0.6 is 11.8 Å². The summed E-state index contributed by atoms with van der Waals surface area (Å²) >= 11 is 1.86. The first kappa shape index (κ1) is 15.8. The first-order valence-corrected chi connectivity index (χ1v) is 8.45. The summed E-state index contributed by atoms with van der Waals surface area (Å²) in [6.07, 6.45) is 3.86. The molecule has 4 heteroatoms. The zero-order chi connectivity index (χ0) is 14.2. The van der Waals surface area contributed by atoms with Crippen LogP contribution in [0.4, 0.5) is 0 Å². The highest BCUT2D eigenvalue weighted by molar-refractivity contribution is 7.99. The lowest BCUT2D eigenvalue weighted by Crippen LogP contribution is -2.39. The summed E-state index contributed by atoms with van der Waals surface area (Å²) in [5, 5.41) is 0.